The summed E-state index contributed by atoms with van der Waals surface area (Å²) in [6.07, 6.45) is 1.95. The molecule has 3 aromatic heterocycles. The van der Waals surface area contributed by atoms with Crippen molar-refractivity contribution < 1.29 is 4.79 Å². The van der Waals surface area contributed by atoms with Crippen LogP contribution < -0.4 is 0 Å². The summed E-state index contributed by atoms with van der Waals surface area (Å²) in [5.74, 6) is -0.0712. The second-order valence-corrected chi connectivity index (χ2v) is 5.71. The van der Waals surface area contributed by atoms with Gasteiger partial charge in [0.2, 0.25) is 5.78 Å². The second kappa shape index (κ2) is 5.02. The summed E-state index contributed by atoms with van der Waals surface area (Å²) in [4.78, 5) is 21.8. The standard InChI is InChI=1S/C19H15N3O/c1-12-10-15-8-9-16(17(23)14-6-4-3-5-7-14)21-19(15)22-11-13(2)20-18(12)22/h3-11H,1-2H3. The van der Waals surface area contributed by atoms with Crippen molar-refractivity contribution in [3.8, 4) is 0 Å². The zero-order chi connectivity index (χ0) is 16.0. The lowest BCUT2D eigenvalue weighted by molar-refractivity contribution is 0.103. The van der Waals surface area contributed by atoms with Crippen molar-refractivity contribution in [3.63, 3.8) is 0 Å². The van der Waals surface area contributed by atoms with Crippen molar-refractivity contribution in [2.45, 2.75) is 13.8 Å². The lowest BCUT2D eigenvalue weighted by atomic mass is 10.1. The van der Waals surface area contributed by atoms with E-state index in [-0.39, 0.29) is 5.78 Å². The predicted octanol–water partition coefficient (Wildman–Crippen LogP) is 3.73. The Morgan fingerprint density at radius 2 is 1.74 bits per heavy atom. The first-order valence-electron chi connectivity index (χ1n) is 7.49. The topological polar surface area (TPSA) is 47.3 Å². The first kappa shape index (κ1) is 13.6. The number of aromatic nitrogens is 3. The van der Waals surface area contributed by atoms with Gasteiger partial charge in [-0.1, -0.05) is 30.3 Å². The summed E-state index contributed by atoms with van der Waals surface area (Å²) in [6.45, 7) is 3.99. The highest BCUT2D eigenvalue weighted by Gasteiger charge is 2.13. The van der Waals surface area contributed by atoms with E-state index in [4.69, 9.17) is 0 Å². The Bertz CT molecular complexity index is 1050. The molecule has 1 aromatic carbocycles. The molecule has 0 saturated heterocycles. The molecule has 4 heteroatoms. The Morgan fingerprint density at radius 1 is 0.957 bits per heavy atom. The molecular formula is C19H15N3O. The Hall–Kier alpha value is -3.01. The molecule has 0 spiro atoms. The molecule has 0 N–H and O–H groups in total. The van der Waals surface area contributed by atoms with Crippen molar-refractivity contribution in [1.82, 2.24) is 14.4 Å². The number of carbonyl (C=O) groups excluding carboxylic acids is 1. The van der Waals surface area contributed by atoms with Crippen LogP contribution in [0.3, 0.4) is 0 Å². The SMILES string of the molecule is Cc1cn2c(n1)c(C)cc1ccc(C(=O)c3ccccc3)nc12. The van der Waals surface area contributed by atoms with Crippen LogP contribution in [-0.2, 0) is 0 Å². The molecule has 0 atom stereocenters. The van der Waals surface area contributed by atoms with Crippen LogP contribution in [0.5, 0.6) is 0 Å². The van der Waals surface area contributed by atoms with Crippen LogP contribution in [0.15, 0.2) is 54.7 Å². The number of carbonyl (C=O) groups is 1. The van der Waals surface area contributed by atoms with Crippen molar-refractivity contribution in [2.24, 2.45) is 0 Å². The first-order chi connectivity index (χ1) is 11.1. The highest BCUT2D eigenvalue weighted by Crippen LogP contribution is 2.21. The molecular weight excluding hydrogens is 286 g/mol. The molecule has 0 amide bonds. The summed E-state index contributed by atoms with van der Waals surface area (Å²) in [6, 6.07) is 15.0. The highest BCUT2D eigenvalue weighted by molar-refractivity contribution is 6.08. The molecule has 3 heterocycles. The van der Waals surface area contributed by atoms with Crippen LogP contribution in [0.4, 0.5) is 0 Å². The van der Waals surface area contributed by atoms with E-state index in [0.717, 1.165) is 27.9 Å². The minimum atomic E-state index is -0.0712. The fraction of sp³-hybridized carbons (Fsp3) is 0.105. The fourth-order valence-electron chi connectivity index (χ4n) is 2.86. The van der Waals surface area contributed by atoms with Crippen molar-refractivity contribution in [2.75, 3.05) is 0 Å². The van der Waals surface area contributed by atoms with Gasteiger partial charge in [-0.25, -0.2) is 9.97 Å². The maximum Gasteiger partial charge on any atom is 0.211 e. The van der Waals surface area contributed by atoms with Crippen molar-refractivity contribution in [1.29, 1.82) is 0 Å². The number of hydrogen-bond acceptors (Lipinski definition) is 3. The summed E-state index contributed by atoms with van der Waals surface area (Å²) in [5.41, 5.74) is 4.75. The Labute approximate surface area is 133 Å². The Balaban J connectivity index is 1.95. The molecule has 23 heavy (non-hydrogen) atoms. The molecule has 0 aliphatic carbocycles. The summed E-state index contributed by atoms with van der Waals surface area (Å²) < 4.78 is 1.96. The van der Waals surface area contributed by atoms with E-state index in [1.807, 2.05) is 48.7 Å². The molecule has 4 aromatic rings. The molecule has 4 rings (SSSR count). The third-order valence-electron chi connectivity index (χ3n) is 3.95. The smallest absolute Gasteiger partial charge is 0.211 e. The van der Waals surface area contributed by atoms with Gasteiger partial charge < -0.3 is 0 Å². The third-order valence-corrected chi connectivity index (χ3v) is 3.95. The number of imidazole rings is 1. The summed E-state index contributed by atoms with van der Waals surface area (Å²) in [5, 5.41) is 0.997. The van der Waals surface area contributed by atoms with Crippen molar-refractivity contribution >= 4 is 22.5 Å². The summed E-state index contributed by atoms with van der Waals surface area (Å²) >= 11 is 0. The number of fused-ring (bicyclic) bond motifs is 3. The van der Waals surface area contributed by atoms with Gasteiger partial charge >= 0.3 is 0 Å². The van der Waals surface area contributed by atoms with Gasteiger partial charge in [0.25, 0.3) is 0 Å². The molecule has 0 aliphatic heterocycles. The maximum atomic E-state index is 12.6. The Morgan fingerprint density at radius 3 is 2.52 bits per heavy atom. The molecule has 0 aliphatic rings. The van der Waals surface area contributed by atoms with E-state index < -0.39 is 0 Å². The van der Waals surface area contributed by atoms with Crippen LogP contribution in [0.1, 0.15) is 27.3 Å². The summed E-state index contributed by atoms with van der Waals surface area (Å²) in [7, 11) is 0. The van der Waals surface area contributed by atoms with Gasteiger partial charge in [0.1, 0.15) is 17.0 Å². The van der Waals surface area contributed by atoms with Gasteiger partial charge in [-0.3, -0.25) is 9.20 Å². The van der Waals surface area contributed by atoms with Crippen LogP contribution >= 0.6 is 0 Å². The van der Waals surface area contributed by atoms with E-state index in [1.54, 1.807) is 18.2 Å². The minimum Gasteiger partial charge on any atom is -0.287 e. The lowest BCUT2D eigenvalue weighted by Crippen LogP contribution is -2.05. The van der Waals surface area contributed by atoms with Crippen LogP contribution in [-0.4, -0.2) is 20.2 Å². The van der Waals surface area contributed by atoms with E-state index >= 15 is 0 Å². The third kappa shape index (κ3) is 2.19. The van der Waals surface area contributed by atoms with Gasteiger partial charge in [-0.15, -0.1) is 0 Å². The van der Waals surface area contributed by atoms with Crippen LogP contribution in [0, 0.1) is 13.8 Å². The molecule has 0 radical (unpaired) electrons. The average molecular weight is 301 g/mol. The number of pyridine rings is 2. The first-order valence-corrected chi connectivity index (χ1v) is 7.49. The molecule has 0 unspecified atom stereocenters. The van der Waals surface area contributed by atoms with E-state index in [9.17, 15) is 4.79 Å². The largest absolute Gasteiger partial charge is 0.287 e. The minimum absolute atomic E-state index is 0.0712. The number of benzene rings is 1. The van der Waals surface area contributed by atoms with E-state index in [2.05, 4.69) is 16.0 Å². The average Bonchev–Trinajstić information content (AvgIpc) is 2.97. The monoisotopic (exact) mass is 301 g/mol. The fourth-order valence-corrected chi connectivity index (χ4v) is 2.86. The van der Waals surface area contributed by atoms with Crippen LogP contribution in [0.2, 0.25) is 0 Å². The highest BCUT2D eigenvalue weighted by atomic mass is 16.1. The Kier molecular flexibility index (Phi) is 2.98. The number of aryl methyl sites for hydroxylation is 2. The van der Waals surface area contributed by atoms with Gasteiger partial charge in [0, 0.05) is 17.1 Å². The molecule has 0 fully saturated rings. The number of nitrogens with zero attached hydrogens (tertiary/aromatic N) is 3. The molecule has 0 bridgehead atoms. The van der Waals surface area contributed by atoms with Gasteiger partial charge in [-0.05, 0) is 37.6 Å². The lowest BCUT2D eigenvalue weighted by Gasteiger charge is -2.06. The molecule has 112 valence electrons. The second-order valence-electron chi connectivity index (χ2n) is 5.71. The quantitative estimate of drug-likeness (QED) is 0.530. The van der Waals surface area contributed by atoms with E-state index in [0.29, 0.717) is 11.3 Å². The molecule has 0 saturated carbocycles. The van der Waals surface area contributed by atoms with Gasteiger partial charge in [0.05, 0.1) is 5.69 Å². The van der Waals surface area contributed by atoms with Crippen LogP contribution in [0.25, 0.3) is 16.7 Å². The van der Waals surface area contributed by atoms with Gasteiger partial charge in [0.15, 0.2) is 0 Å². The normalized spacial score (nSPS) is 11.2. The molecule has 4 nitrogen and oxygen atoms in total. The zero-order valence-corrected chi connectivity index (χ0v) is 12.9. The van der Waals surface area contributed by atoms with Gasteiger partial charge in [-0.2, -0.15) is 0 Å². The zero-order valence-electron chi connectivity index (χ0n) is 12.9. The number of ketones is 1. The number of hydrogen-bond donors (Lipinski definition) is 0. The maximum absolute atomic E-state index is 12.6. The van der Waals surface area contributed by atoms with Crippen molar-refractivity contribution in [3.05, 3.63) is 77.2 Å². The predicted molar refractivity (Wildman–Crippen MR) is 89.8 cm³/mol. The van der Waals surface area contributed by atoms with E-state index in [1.165, 1.54) is 0 Å². The number of rotatable bonds is 2.